The molecule has 4 heterocycles. The van der Waals surface area contributed by atoms with Crippen LogP contribution in [0.3, 0.4) is 0 Å². The molecule has 0 aliphatic heterocycles. The molecule has 0 aliphatic rings. The van der Waals surface area contributed by atoms with Gasteiger partial charge in [-0.3, -0.25) is 14.8 Å². The van der Waals surface area contributed by atoms with Crippen molar-refractivity contribution in [2.45, 2.75) is 6.54 Å². The summed E-state index contributed by atoms with van der Waals surface area (Å²) in [5.74, 6) is -0.120. The summed E-state index contributed by atoms with van der Waals surface area (Å²) < 4.78 is 29.0. The number of rotatable bonds is 6. The third-order valence-electron chi connectivity index (χ3n) is 5.28. The number of fused-ring (bicyclic) bond motifs is 1. The number of hydrogen-bond acceptors (Lipinski definition) is 7. The molecule has 5 rings (SSSR count). The van der Waals surface area contributed by atoms with Gasteiger partial charge >= 0.3 is 0 Å². The van der Waals surface area contributed by atoms with Gasteiger partial charge in [0.05, 0.1) is 45.0 Å². The Labute approximate surface area is 193 Å². The number of aromatic amines is 1. The molecular weight excluding hydrogens is 439 g/mol. The number of benzene rings is 1. The predicted octanol–water partition coefficient (Wildman–Crippen LogP) is 2.99. The summed E-state index contributed by atoms with van der Waals surface area (Å²) in [4.78, 5) is 14.0. The summed E-state index contributed by atoms with van der Waals surface area (Å²) in [6.07, 6.45) is 8.78. The van der Waals surface area contributed by atoms with Gasteiger partial charge in [-0.25, -0.2) is 14.4 Å². The van der Waals surface area contributed by atoms with Crippen LogP contribution in [0.15, 0.2) is 60.2 Å². The van der Waals surface area contributed by atoms with E-state index >= 15 is 4.39 Å². The molecule has 0 saturated carbocycles. The summed E-state index contributed by atoms with van der Waals surface area (Å²) in [6, 6.07) is 6.56. The third-order valence-corrected chi connectivity index (χ3v) is 5.28. The first-order chi connectivity index (χ1) is 16.6. The summed E-state index contributed by atoms with van der Waals surface area (Å²) in [5.41, 5.74) is 4.18. The molecule has 5 aromatic rings. The standard InChI is InChI=1S/C23H21FN8O2/c1-31-13-15(10-28-31)19-11-25-17-4-5-21(32(23(17)30-19)12-14-8-26-27-9-14)29-18-6-16(33-2)7-20(34-3)22(18)24/h4-11,13H,12H2,1-3H3,(H,26,27)/b29-21+. The van der Waals surface area contributed by atoms with Crippen LogP contribution in [0, 0.1) is 5.82 Å². The molecular formula is C23H21FN8O2. The molecule has 0 spiro atoms. The van der Waals surface area contributed by atoms with E-state index in [1.54, 1.807) is 41.6 Å². The number of pyridine rings is 1. The van der Waals surface area contributed by atoms with E-state index in [0.29, 0.717) is 34.6 Å². The van der Waals surface area contributed by atoms with Crippen molar-refractivity contribution in [3.05, 3.63) is 72.1 Å². The van der Waals surface area contributed by atoms with Gasteiger partial charge in [-0.05, 0) is 12.1 Å². The van der Waals surface area contributed by atoms with E-state index < -0.39 is 5.82 Å². The lowest BCUT2D eigenvalue weighted by Gasteiger charge is -2.12. The average Bonchev–Trinajstić information content (AvgIpc) is 3.53. The zero-order valence-corrected chi connectivity index (χ0v) is 18.7. The molecule has 0 unspecified atom stereocenters. The number of halogens is 1. The maximum Gasteiger partial charge on any atom is 0.190 e. The molecule has 0 atom stereocenters. The van der Waals surface area contributed by atoms with Gasteiger partial charge in [-0.1, -0.05) is 0 Å². The fourth-order valence-corrected chi connectivity index (χ4v) is 3.58. The zero-order valence-electron chi connectivity index (χ0n) is 18.7. The number of H-pyrrole nitrogens is 1. The Morgan fingerprint density at radius 2 is 2.00 bits per heavy atom. The van der Waals surface area contributed by atoms with Gasteiger partial charge in [0.15, 0.2) is 17.2 Å². The number of aryl methyl sites for hydroxylation is 1. The third kappa shape index (κ3) is 3.98. The molecule has 0 bridgehead atoms. The van der Waals surface area contributed by atoms with Crippen molar-refractivity contribution in [1.29, 1.82) is 0 Å². The van der Waals surface area contributed by atoms with Gasteiger partial charge in [0.2, 0.25) is 0 Å². The molecule has 34 heavy (non-hydrogen) atoms. The van der Waals surface area contributed by atoms with Crippen molar-refractivity contribution >= 4 is 16.9 Å². The smallest absolute Gasteiger partial charge is 0.190 e. The summed E-state index contributed by atoms with van der Waals surface area (Å²) >= 11 is 0. The van der Waals surface area contributed by atoms with E-state index in [9.17, 15) is 0 Å². The van der Waals surface area contributed by atoms with Gasteiger partial charge in [0.1, 0.15) is 22.4 Å². The van der Waals surface area contributed by atoms with Crippen LogP contribution in [0.1, 0.15) is 5.56 Å². The highest BCUT2D eigenvalue weighted by Crippen LogP contribution is 2.32. The minimum atomic E-state index is -0.589. The summed E-state index contributed by atoms with van der Waals surface area (Å²) in [7, 11) is 4.73. The fraction of sp³-hybridized carbons (Fsp3) is 0.174. The second-order valence-electron chi connectivity index (χ2n) is 7.53. The van der Waals surface area contributed by atoms with Crippen LogP contribution in [0.4, 0.5) is 10.1 Å². The minimum Gasteiger partial charge on any atom is -0.497 e. The van der Waals surface area contributed by atoms with Gasteiger partial charge in [-0.2, -0.15) is 10.2 Å². The Morgan fingerprint density at radius 3 is 2.71 bits per heavy atom. The molecule has 4 aromatic heterocycles. The minimum absolute atomic E-state index is 0.0407. The number of nitrogens with zero attached hydrogens (tertiary/aromatic N) is 7. The normalized spacial score (nSPS) is 11.8. The van der Waals surface area contributed by atoms with Crippen LogP contribution in [-0.2, 0) is 13.6 Å². The molecule has 1 N–H and O–H groups in total. The van der Waals surface area contributed by atoms with Gasteiger partial charge < -0.3 is 14.0 Å². The maximum absolute atomic E-state index is 15.0. The van der Waals surface area contributed by atoms with Crippen LogP contribution < -0.4 is 15.0 Å². The number of methoxy groups -OCH3 is 2. The zero-order chi connectivity index (χ0) is 23.7. The number of aromatic nitrogens is 7. The van der Waals surface area contributed by atoms with Gasteiger partial charge in [0.25, 0.3) is 0 Å². The van der Waals surface area contributed by atoms with Crippen LogP contribution in [0.25, 0.3) is 22.4 Å². The van der Waals surface area contributed by atoms with Gasteiger partial charge in [0, 0.05) is 42.7 Å². The quantitative estimate of drug-likeness (QED) is 0.417. The van der Waals surface area contributed by atoms with Crippen LogP contribution in [0.5, 0.6) is 11.5 Å². The van der Waals surface area contributed by atoms with E-state index in [1.807, 2.05) is 17.8 Å². The highest BCUT2D eigenvalue weighted by atomic mass is 19.1. The highest BCUT2D eigenvalue weighted by Gasteiger charge is 2.14. The second-order valence-corrected chi connectivity index (χ2v) is 7.53. The molecule has 1 aromatic carbocycles. The molecule has 0 aliphatic carbocycles. The largest absolute Gasteiger partial charge is 0.497 e. The first-order valence-electron chi connectivity index (χ1n) is 10.3. The van der Waals surface area contributed by atoms with Crippen molar-refractivity contribution in [2.75, 3.05) is 14.2 Å². The topological polar surface area (TPSA) is 108 Å². The van der Waals surface area contributed by atoms with Crippen LogP contribution >= 0.6 is 0 Å². The Morgan fingerprint density at radius 1 is 1.12 bits per heavy atom. The number of hydrogen-bond donors (Lipinski definition) is 1. The molecule has 0 fully saturated rings. The lowest BCUT2D eigenvalue weighted by molar-refractivity contribution is 0.374. The summed E-state index contributed by atoms with van der Waals surface area (Å²) in [5, 5.41) is 11.1. The molecule has 172 valence electrons. The number of nitrogens with one attached hydrogen (secondary N) is 1. The Balaban J connectivity index is 1.76. The fourth-order valence-electron chi connectivity index (χ4n) is 3.58. The van der Waals surface area contributed by atoms with E-state index in [4.69, 9.17) is 14.5 Å². The van der Waals surface area contributed by atoms with Crippen LogP contribution in [-0.4, -0.2) is 48.7 Å². The van der Waals surface area contributed by atoms with Crippen molar-refractivity contribution in [3.63, 3.8) is 0 Å². The lowest BCUT2D eigenvalue weighted by atomic mass is 10.2. The van der Waals surface area contributed by atoms with E-state index in [1.165, 1.54) is 26.4 Å². The van der Waals surface area contributed by atoms with E-state index in [-0.39, 0.29) is 11.4 Å². The van der Waals surface area contributed by atoms with Crippen molar-refractivity contribution < 1.29 is 13.9 Å². The maximum atomic E-state index is 15.0. The number of ether oxygens (including phenoxy) is 2. The SMILES string of the molecule is COc1cc(/N=c2\ccc3ncc(-c4cnn(C)c4)nc3n2Cc2cn[nH]c2)c(F)c(OC)c1. The Hall–Kier alpha value is -4.54. The molecule has 0 radical (unpaired) electrons. The monoisotopic (exact) mass is 460 g/mol. The first-order valence-corrected chi connectivity index (χ1v) is 10.3. The average molecular weight is 460 g/mol. The van der Waals surface area contributed by atoms with Crippen molar-refractivity contribution in [1.82, 2.24) is 34.5 Å². The highest BCUT2D eigenvalue weighted by molar-refractivity contribution is 5.73. The predicted molar refractivity (Wildman–Crippen MR) is 122 cm³/mol. The van der Waals surface area contributed by atoms with Crippen LogP contribution in [0.2, 0.25) is 0 Å². The Bertz CT molecular complexity index is 1540. The lowest BCUT2D eigenvalue weighted by Crippen LogP contribution is -2.22. The molecule has 10 nitrogen and oxygen atoms in total. The molecule has 0 amide bonds. The van der Waals surface area contributed by atoms with Crippen molar-refractivity contribution in [2.24, 2.45) is 12.0 Å². The van der Waals surface area contributed by atoms with E-state index in [0.717, 1.165) is 11.1 Å². The Kier molecular flexibility index (Phi) is 5.50. The summed E-state index contributed by atoms with van der Waals surface area (Å²) in [6.45, 7) is 0.389. The molecule has 11 heteroatoms. The first kappa shape index (κ1) is 21.3. The second kappa shape index (κ2) is 8.77. The van der Waals surface area contributed by atoms with E-state index in [2.05, 4.69) is 25.3 Å². The molecule has 0 saturated heterocycles. The van der Waals surface area contributed by atoms with Gasteiger partial charge in [-0.15, -0.1) is 0 Å². The van der Waals surface area contributed by atoms with Crippen molar-refractivity contribution in [3.8, 4) is 22.8 Å².